The highest BCUT2D eigenvalue weighted by Crippen LogP contribution is 2.43. The molecule has 0 saturated carbocycles. The monoisotopic (exact) mass is 268 g/mol. The number of benzene rings is 3. The molecule has 0 N–H and O–H groups in total. The summed E-state index contributed by atoms with van der Waals surface area (Å²) in [5.74, 6) is 1.19. The average Bonchev–Trinajstić information content (AvgIpc) is 2.37. The Kier molecular flexibility index (Phi) is 3.02. The molecule has 3 aromatic rings. The topological polar surface area (TPSA) is 0 Å². The minimum Gasteiger partial charge on any atom is -0.246 e. The highest BCUT2D eigenvalue weighted by molar-refractivity contribution is 8.31. The Morgan fingerprint density at radius 3 is 1.68 bits per heavy atom. The van der Waals surface area contributed by atoms with Gasteiger partial charge in [-0.1, -0.05) is 48.5 Å². The predicted molar refractivity (Wildman–Crippen MR) is 90.5 cm³/mol. The fourth-order valence-corrected chi connectivity index (χ4v) is 3.87. The van der Waals surface area contributed by atoms with Crippen LogP contribution in [0.2, 0.25) is 0 Å². The van der Waals surface area contributed by atoms with Crippen molar-refractivity contribution in [3.05, 3.63) is 60.2 Å². The molecule has 0 aliphatic rings. The largest absolute Gasteiger partial charge is 0.246 e. The lowest BCUT2D eigenvalue weighted by atomic mass is 9.98. The summed E-state index contributed by atoms with van der Waals surface area (Å²) in [7, 11) is -0.560. The maximum atomic E-state index is 2.39. The second kappa shape index (κ2) is 4.57. The van der Waals surface area contributed by atoms with Crippen molar-refractivity contribution in [2.75, 3.05) is 18.8 Å². The van der Waals surface area contributed by atoms with Crippen molar-refractivity contribution in [2.24, 2.45) is 0 Å². The summed E-state index contributed by atoms with van der Waals surface area (Å²) < 4.78 is 0. The SMILES string of the molecule is CS(C)(C)Cc1c2ccccc2cc2ccccc12. The van der Waals surface area contributed by atoms with Crippen LogP contribution in [0.3, 0.4) is 0 Å². The van der Waals surface area contributed by atoms with E-state index in [-0.39, 0.29) is 0 Å². The lowest BCUT2D eigenvalue weighted by molar-refractivity contribution is 1.48. The first-order valence-corrected chi connectivity index (χ1v) is 9.63. The van der Waals surface area contributed by atoms with Gasteiger partial charge in [-0.05, 0) is 51.9 Å². The molecule has 0 aromatic heterocycles. The Labute approximate surface area is 116 Å². The Morgan fingerprint density at radius 1 is 0.737 bits per heavy atom. The van der Waals surface area contributed by atoms with Crippen LogP contribution in [0, 0.1) is 0 Å². The number of hydrogen-bond donors (Lipinski definition) is 0. The first-order valence-electron chi connectivity index (χ1n) is 6.60. The third-order valence-electron chi connectivity index (χ3n) is 3.46. The molecule has 0 atom stereocenters. The van der Waals surface area contributed by atoms with Crippen LogP contribution in [0.25, 0.3) is 21.5 Å². The van der Waals surface area contributed by atoms with E-state index in [9.17, 15) is 0 Å². The molecule has 0 fully saturated rings. The van der Waals surface area contributed by atoms with Gasteiger partial charge in [-0.3, -0.25) is 0 Å². The van der Waals surface area contributed by atoms with Crippen molar-refractivity contribution < 1.29 is 0 Å². The van der Waals surface area contributed by atoms with Gasteiger partial charge in [0.1, 0.15) is 0 Å². The van der Waals surface area contributed by atoms with Crippen molar-refractivity contribution in [3.8, 4) is 0 Å². The molecule has 0 radical (unpaired) electrons. The number of rotatable bonds is 2. The summed E-state index contributed by atoms with van der Waals surface area (Å²) in [5, 5.41) is 5.56. The van der Waals surface area contributed by atoms with Crippen LogP contribution < -0.4 is 0 Å². The molecule has 0 saturated heterocycles. The minimum atomic E-state index is -0.560. The van der Waals surface area contributed by atoms with Crippen LogP contribution in [0.1, 0.15) is 5.56 Å². The van der Waals surface area contributed by atoms with E-state index >= 15 is 0 Å². The van der Waals surface area contributed by atoms with Crippen LogP contribution in [0.4, 0.5) is 0 Å². The van der Waals surface area contributed by atoms with Gasteiger partial charge in [0, 0.05) is 5.75 Å². The zero-order valence-electron chi connectivity index (χ0n) is 11.8. The molecule has 0 amide bonds. The molecular formula is C18H20S. The quantitative estimate of drug-likeness (QED) is 0.561. The van der Waals surface area contributed by atoms with Crippen LogP contribution >= 0.6 is 10.0 Å². The number of fused-ring (bicyclic) bond motifs is 2. The molecule has 0 nitrogen and oxygen atoms in total. The van der Waals surface area contributed by atoms with Crippen LogP contribution in [-0.4, -0.2) is 18.8 Å². The smallest absolute Gasteiger partial charge is 0.00301 e. The van der Waals surface area contributed by atoms with E-state index in [1.165, 1.54) is 32.9 Å². The summed E-state index contributed by atoms with van der Waals surface area (Å²) >= 11 is 0. The second-order valence-electron chi connectivity index (χ2n) is 6.03. The first kappa shape index (κ1) is 12.6. The van der Waals surface area contributed by atoms with Crippen molar-refractivity contribution in [2.45, 2.75) is 5.75 Å². The number of hydrogen-bond acceptors (Lipinski definition) is 0. The molecule has 1 heteroatoms. The van der Waals surface area contributed by atoms with Gasteiger partial charge in [-0.15, -0.1) is 0 Å². The van der Waals surface area contributed by atoms with Crippen LogP contribution in [-0.2, 0) is 5.75 Å². The second-order valence-corrected chi connectivity index (χ2v) is 10.5. The van der Waals surface area contributed by atoms with Gasteiger partial charge < -0.3 is 0 Å². The molecule has 0 bridgehead atoms. The Balaban J connectivity index is 2.39. The summed E-state index contributed by atoms with van der Waals surface area (Å²) in [6.45, 7) is 0. The van der Waals surface area contributed by atoms with E-state index in [0.717, 1.165) is 0 Å². The van der Waals surface area contributed by atoms with E-state index in [1.54, 1.807) is 0 Å². The average molecular weight is 268 g/mol. The Hall–Kier alpha value is -1.47. The van der Waals surface area contributed by atoms with Crippen molar-refractivity contribution >= 4 is 31.6 Å². The Bertz CT molecular complexity index is 681. The van der Waals surface area contributed by atoms with Gasteiger partial charge in [0.05, 0.1) is 0 Å². The van der Waals surface area contributed by atoms with Crippen LogP contribution in [0.5, 0.6) is 0 Å². The van der Waals surface area contributed by atoms with Gasteiger partial charge >= 0.3 is 0 Å². The van der Waals surface area contributed by atoms with Gasteiger partial charge in [0.15, 0.2) is 0 Å². The molecule has 98 valence electrons. The molecular weight excluding hydrogens is 248 g/mol. The molecule has 0 unspecified atom stereocenters. The lowest BCUT2D eigenvalue weighted by Crippen LogP contribution is -1.98. The minimum absolute atomic E-state index is 0.560. The lowest BCUT2D eigenvalue weighted by Gasteiger charge is -2.27. The molecule has 0 aliphatic heterocycles. The van der Waals surface area contributed by atoms with Crippen molar-refractivity contribution in [1.29, 1.82) is 0 Å². The fourth-order valence-electron chi connectivity index (χ4n) is 2.70. The normalized spacial score (nSPS) is 13.0. The third-order valence-corrected chi connectivity index (χ3v) is 4.61. The highest BCUT2D eigenvalue weighted by atomic mass is 32.3. The van der Waals surface area contributed by atoms with E-state index in [2.05, 4.69) is 73.4 Å². The maximum absolute atomic E-state index is 2.39. The van der Waals surface area contributed by atoms with E-state index < -0.39 is 10.0 Å². The van der Waals surface area contributed by atoms with Gasteiger partial charge in [-0.2, -0.15) is 0 Å². The predicted octanol–water partition coefficient (Wildman–Crippen LogP) is 5.19. The first-order chi connectivity index (χ1) is 9.04. The van der Waals surface area contributed by atoms with Gasteiger partial charge in [0.25, 0.3) is 0 Å². The van der Waals surface area contributed by atoms with Gasteiger partial charge in [-0.25, -0.2) is 10.0 Å². The third kappa shape index (κ3) is 2.48. The van der Waals surface area contributed by atoms with Crippen LogP contribution in [0.15, 0.2) is 54.6 Å². The summed E-state index contributed by atoms with van der Waals surface area (Å²) in [6.07, 6.45) is 7.18. The van der Waals surface area contributed by atoms with E-state index in [0.29, 0.717) is 0 Å². The highest BCUT2D eigenvalue weighted by Gasteiger charge is 2.12. The maximum Gasteiger partial charge on any atom is 0.00301 e. The molecule has 19 heavy (non-hydrogen) atoms. The van der Waals surface area contributed by atoms with Crippen molar-refractivity contribution in [3.63, 3.8) is 0 Å². The fraction of sp³-hybridized carbons (Fsp3) is 0.222. The molecule has 3 rings (SSSR count). The molecule has 0 spiro atoms. The van der Waals surface area contributed by atoms with Crippen molar-refractivity contribution in [1.82, 2.24) is 0 Å². The van der Waals surface area contributed by atoms with Gasteiger partial charge in [0.2, 0.25) is 0 Å². The summed E-state index contributed by atoms with van der Waals surface area (Å²) in [4.78, 5) is 0. The molecule has 0 heterocycles. The van der Waals surface area contributed by atoms with E-state index in [4.69, 9.17) is 0 Å². The molecule has 3 aromatic carbocycles. The summed E-state index contributed by atoms with van der Waals surface area (Å²) in [5.41, 5.74) is 1.52. The van der Waals surface area contributed by atoms with E-state index in [1.807, 2.05) is 0 Å². The zero-order valence-corrected chi connectivity index (χ0v) is 12.6. The Morgan fingerprint density at radius 2 is 1.21 bits per heavy atom. The molecule has 0 aliphatic carbocycles. The zero-order chi connectivity index (χ0) is 13.5. The standard InChI is InChI=1S/C18H20S/c1-19(2,3)13-18-16-10-6-4-8-14(16)12-15-9-5-7-11-17(15)18/h4-12H,13H2,1-3H3. The summed E-state index contributed by atoms with van der Waals surface area (Å²) in [6, 6.07) is 19.9.